The topological polar surface area (TPSA) is 106 Å². The fourth-order valence-electron chi connectivity index (χ4n) is 5.27. The van der Waals surface area contributed by atoms with Crippen molar-refractivity contribution in [2.24, 2.45) is 0 Å². The van der Waals surface area contributed by atoms with Gasteiger partial charge in [0.05, 0.1) is 30.7 Å². The number of halogens is 5. The van der Waals surface area contributed by atoms with E-state index in [1.54, 1.807) is 12.1 Å². The zero-order valence-corrected chi connectivity index (χ0v) is 25.5. The number of amides is 3. The van der Waals surface area contributed by atoms with Crippen molar-refractivity contribution in [1.82, 2.24) is 19.8 Å². The number of methoxy groups -OCH3 is 1. The average molecular weight is 641 g/mol. The summed E-state index contributed by atoms with van der Waals surface area (Å²) in [4.78, 5) is 40.1. The van der Waals surface area contributed by atoms with E-state index in [0.29, 0.717) is 34.3 Å². The Kier molecular flexibility index (Phi) is 10.0. The first-order chi connectivity index (χ1) is 21.1. The van der Waals surface area contributed by atoms with Gasteiger partial charge in [0, 0.05) is 56.8 Å². The summed E-state index contributed by atoms with van der Waals surface area (Å²) in [5.74, 6) is -2.98. The number of aromatic nitrogens is 2. The fourth-order valence-corrected chi connectivity index (χ4v) is 5.27. The third kappa shape index (κ3) is 8.29. The SMILES string of the molecule is C=CC(=O)Nc1cc(Nc2ncc3c(n2)N(C2CCC(F)(F)CC2)C(=O)N(CC(F)(F)F)C3)c(OC)cc1N(C)CCN(C)C. The lowest BCUT2D eigenvalue weighted by molar-refractivity contribution is -0.141. The Morgan fingerprint density at radius 2 is 1.87 bits per heavy atom. The van der Waals surface area contributed by atoms with Crippen molar-refractivity contribution in [3.8, 4) is 5.75 Å². The highest BCUT2D eigenvalue weighted by molar-refractivity contribution is 6.02. The number of hydrogen-bond donors (Lipinski definition) is 2. The Hall–Kier alpha value is -4.21. The van der Waals surface area contributed by atoms with Gasteiger partial charge in [0.2, 0.25) is 17.8 Å². The smallest absolute Gasteiger partial charge is 0.406 e. The van der Waals surface area contributed by atoms with Gasteiger partial charge in [0.1, 0.15) is 18.1 Å². The quantitative estimate of drug-likeness (QED) is 0.254. The van der Waals surface area contributed by atoms with Crippen LogP contribution in [0, 0.1) is 0 Å². The molecule has 0 radical (unpaired) electrons. The lowest BCUT2D eigenvalue weighted by Gasteiger charge is -2.42. The normalized spacial score (nSPS) is 16.8. The van der Waals surface area contributed by atoms with Gasteiger partial charge in [-0.25, -0.2) is 18.6 Å². The summed E-state index contributed by atoms with van der Waals surface area (Å²) < 4.78 is 73.5. The van der Waals surface area contributed by atoms with Crippen LogP contribution in [0.3, 0.4) is 0 Å². The standard InChI is InChI=1S/C29H37F5N8O3/c1-6-24(43)36-20-13-21(23(45-5)14-22(20)40(4)12-11-39(2)3)37-26-35-15-18-16-41(17-29(32,33)34)27(44)42(25(18)38-26)19-7-9-28(30,31)10-8-19/h6,13-15,19H,1,7-12,16-17H2,2-5H3,(H,36,43)(H,35,37,38). The predicted octanol–water partition coefficient (Wildman–Crippen LogP) is 5.23. The van der Waals surface area contributed by atoms with E-state index in [4.69, 9.17) is 4.74 Å². The first-order valence-corrected chi connectivity index (χ1v) is 14.3. The second kappa shape index (κ2) is 13.4. The van der Waals surface area contributed by atoms with E-state index < -0.39 is 56.0 Å². The average Bonchev–Trinajstić information content (AvgIpc) is 2.96. The van der Waals surface area contributed by atoms with E-state index in [2.05, 4.69) is 27.2 Å². The fraction of sp³-hybridized carbons (Fsp3) is 0.517. The zero-order valence-electron chi connectivity index (χ0n) is 25.5. The molecular weight excluding hydrogens is 603 g/mol. The van der Waals surface area contributed by atoms with Crippen LogP contribution in [0.1, 0.15) is 31.2 Å². The van der Waals surface area contributed by atoms with Crippen molar-refractivity contribution in [2.45, 2.75) is 50.4 Å². The van der Waals surface area contributed by atoms with E-state index in [9.17, 15) is 31.5 Å². The van der Waals surface area contributed by atoms with E-state index >= 15 is 0 Å². The van der Waals surface area contributed by atoms with Crippen LogP contribution in [0.2, 0.25) is 0 Å². The largest absolute Gasteiger partial charge is 0.494 e. The molecule has 0 saturated heterocycles. The molecule has 246 valence electrons. The molecule has 1 aromatic carbocycles. The van der Waals surface area contributed by atoms with Gasteiger partial charge in [-0.1, -0.05) is 6.58 Å². The van der Waals surface area contributed by atoms with E-state index in [0.717, 1.165) is 17.5 Å². The number of rotatable bonds is 11. The van der Waals surface area contributed by atoms with Crippen LogP contribution in [0.15, 0.2) is 31.0 Å². The first kappa shape index (κ1) is 33.7. The first-order valence-electron chi connectivity index (χ1n) is 14.3. The van der Waals surface area contributed by atoms with E-state index in [1.807, 2.05) is 30.9 Å². The Morgan fingerprint density at radius 3 is 2.47 bits per heavy atom. The number of carbonyl (C=O) groups excluding carboxylic acids is 2. The molecule has 1 aliphatic heterocycles. The number of fused-ring (bicyclic) bond motifs is 1. The summed E-state index contributed by atoms with van der Waals surface area (Å²) in [7, 11) is 7.18. The molecule has 1 fully saturated rings. The number of alkyl halides is 5. The van der Waals surface area contributed by atoms with Crippen LogP contribution in [0.4, 0.5) is 55.6 Å². The molecule has 2 aliphatic rings. The molecule has 0 atom stereocenters. The van der Waals surface area contributed by atoms with Crippen LogP contribution in [-0.4, -0.2) is 97.7 Å². The van der Waals surface area contributed by atoms with Crippen molar-refractivity contribution < 1.29 is 36.3 Å². The maximum atomic E-state index is 14.0. The van der Waals surface area contributed by atoms with E-state index in [-0.39, 0.29) is 30.2 Å². The summed E-state index contributed by atoms with van der Waals surface area (Å²) in [6.07, 6.45) is -3.44. The minimum atomic E-state index is -4.66. The van der Waals surface area contributed by atoms with Crippen molar-refractivity contribution in [2.75, 3.05) is 68.3 Å². The second-order valence-corrected chi connectivity index (χ2v) is 11.4. The van der Waals surface area contributed by atoms with Crippen LogP contribution < -0.4 is 25.2 Å². The number of likely N-dealkylation sites (N-methyl/N-ethyl adjacent to an activating group) is 2. The van der Waals surface area contributed by atoms with Gasteiger partial charge >= 0.3 is 12.2 Å². The number of benzene rings is 1. The number of urea groups is 1. The Balaban J connectivity index is 1.71. The van der Waals surface area contributed by atoms with Gasteiger partial charge in [-0.3, -0.25) is 9.69 Å². The number of ether oxygens (including phenoxy) is 1. The molecule has 16 heteroatoms. The lowest BCUT2D eigenvalue weighted by atomic mass is 9.90. The minimum absolute atomic E-state index is 0.0232. The van der Waals surface area contributed by atoms with Crippen molar-refractivity contribution in [3.63, 3.8) is 0 Å². The Bertz CT molecular complexity index is 1410. The molecule has 1 aromatic heterocycles. The molecule has 2 N–H and O–H groups in total. The summed E-state index contributed by atoms with van der Waals surface area (Å²) >= 11 is 0. The maximum absolute atomic E-state index is 14.0. The van der Waals surface area contributed by atoms with Gasteiger partial charge in [0.15, 0.2) is 0 Å². The molecule has 2 aromatic rings. The van der Waals surface area contributed by atoms with Gasteiger partial charge in [-0.05, 0) is 39.1 Å². The number of anilines is 5. The van der Waals surface area contributed by atoms with Gasteiger partial charge in [0.25, 0.3) is 0 Å². The minimum Gasteiger partial charge on any atom is -0.494 e. The summed E-state index contributed by atoms with van der Waals surface area (Å²) in [6.45, 7) is 2.95. The Morgan fingerprint density at radius 1 is 1.18 bits per heavy atom. The molecule has 0 bridgehead atoms. The highest BCUT2D eigenvalue weighted by Gasteiger charge is 2.45. The molecule has 45 heavy (non-hydrogen) atoms. The van der Waals surface area contributed by atoms with Crippen LogP contribution in [-0.2, 0) is 11.3 Å². The third-order valence-corrected chi connectivity index (χ3v) is 7.63. The lowest BCUT2D eigenvalue weighted by Crippen LogP contribution is -2.55. The van der Waals surface area contributed by atoms with Crippen LogP contribution in [0.25, 0.3) is 0 Å². The highest BCUT2D eigenvalue weighted by atomic mass is 19.4. The third-order valence-electron chi connectivity index (χ3n) is 7.63. The van der Waals surface area contributed by atoms with Gasteiger partial charge < -0.3 is 30.1 Å². The monoisotopic (exact) mass is 640 g/mol. The van der Waals surface area contributed by atoms with Gasteiger partial charge in [-0.2, -0.15) is 18.2 Å². The van der Waals surface area contributed by atoms with Crippen molar-refractivity contribution in [1.29, 1.82) is 0 Å². The number of nitrogens with zero attached hydrogens (tertiary/aromatic N) is 6. The van der Waals surface area contributed by atoms with Crippen molar-refractivity contribution >= 4 is 40.8 Å². The predicted molar refractivity (Wildman–Crippen MR) is 161 cm³/mol. The molecule has 2 heterocycles. The molecule has 4 rings (SSSR count). The highest BCUT2D eigenvalue weighted by Crippen LogP contribution is 2.41. The molecule has 1 aliphatic carbocycles. The van der Waals surface area contributed by atoms with Crippen LogP contribution in [0.5, 0.6) is 5.75 Å². The van der Waals surface area contributed by atoms with Gasteiger partial charge in [-0.15, -0.1) is 0 Å². The van der Waals surface area contributed by atoms with Crippen LogP contribution >= 0.6 is 0 Å². The number of carbonyl (C=O) groups is 2. The molecule has 3 amide bonds. The second-order valence-electron chi connectivity index (χ2n) is 11.4. The van der Waals surface area contributed by atoms with Crippen molar-refractivity contribution in [3.05, 3.63) is 36.5 Å². The molecule has 0 spiro atoms. The summed E-state index contributed by atoms with van der Waals surface area (Å²) in [5.41, 5.74) is 1.65. The number of hydrogen-bond acceptors (Lipinski definition) is 8. The van der Waals surface area contributed by atoms with E-state index in [1.165, 1.54) is 13.3 Å². The summed E-state index contributed by atoms with van der Waals surface area (Å²) in [5, 5.41) is 5.80. The molecule has 0 unspecified atom stereocenters. The molecule has 1 saturated carbocycles. The number of nitrogens with one attached hydrogen (secondary N) is 2. The molecule has 11 nitrogen and oxygen atoms in total. The maximum Gasteiger partial charge on any atom is 0.406 e. The summed E-state index contributed by atoms with van der Waals surface area (Å²) in [6, 6.07) is 1.59. The Labute approximate surface area is 258 Å². The zero-order chi connectivity index (χ0) is 33.1. The molecular formula is C29H37F5N8O3.